The summed E-state index contributed by atoms with van der Waals surface area (Å²) in [6, 6.07) is 5.53. The number of aliphatic hydroxyl groups is 1. The summed E-state index contributed by atoms with van der Waals surface area (Å²) in [7, 11) is 3.66. The maximum absolute atomic E-state index is 13.3. The summed E-state index contributed by atoms with van der Waals surface area (Å²) in [6.07, 6.45) is 3.85. The van der Waals surface area contributed by atoms with Gasteiger partial charge in [0.1, 0.15) is 5.75 Å². The number of hydrogen-bond donors (Lipinski definition) is 2. The Labute approximate surface area is 201 Å². The zero-order chi connectivity index (χ0) is 24.5. The number of aromatic nitrogens is 1. The molecule has 34 heavy (non-hydrogen) atoms. The molecule has 3 heterocycles. The molecule has 1 saturated heterocycles. The van der Waals surface area contributed by atoms with Gasteiger partial charge in [-0.15, -0.1) is 0 Å². The van der Waals surface area contributed by atoms with E-state index in [1.165, 1.54) is 5.56 Å². The molecule has 8 nitrogen and oxygen atoms in total. The molecule has 3 amide bonds. The number of fused-ring (bicyclic) bond motifs is 4. The molecule has 0 unspecified atom stereocenters. The van der Waals surface area contributed by atoms with Crippen molar-refractivity contribution in [1.29, 1.82) is 0 Å². The van der Waals surface area contributed by atoms with Crippen LogP contribution in [0.1, 0.15) is 63.3 Å². The minimum Gasteiger partial charge on any atom is -0.497 e. The minimum atomic E-state index is -0.430. The average molecular weight is 471 g/mol. The predicted molar refractivity (Wildman–Crippen MR) is 132 cm³/mol. The van der Waals surface area contributed by atoms with E-state index in [1.54, 1.807) is 7.11 Å². The van der Waals surface area contributed by atoms with Gasteiger partial charge in [0.05, 0.1) is 25.3 Å². The molecule has 1 spiro atoms. The molecule has 2 aliphatic heterocycles. The molecule has 0 saturated carbocycles. The van der Waals surface area contributed by atoms with E-state index >= 15 is 0 Å². The Bertz CT molecular complexity index is 1050. The van der Waals surface area contributed by atoms with E-state index in [9.17, 15) is 14.7 Å². The number of aryl methyl sites for hydroxylation is 1. The summed E-state index contributed by atoms with van der Waals surface area (Å²) in [5.41, 5.74) is 2.95. The highest BCUT2D eigenvalue weighted by atomic mass is 16.5. The second kappa shape index (κ2) is 9.86. The van der Waals surface area contributed by atoms with Crippen LogP contribution >= 0.6 is 0 Å². The molecule has 1 aromatic heterocycles. The summed E-state index contributed by atoms with van der Waals surface area (Å²) < 4.78 is 7.60. The van der Waals surface area contributed by atoms with Gasteiger partial charge in [-0.25, -0.2) is 4.79 Å². The first kappa shape index (κ1) is 24.4. The lowest BCUT2D eigenvalue weighted by Crippen LogP contribution is -2.57. The number of piperidine rings is 1. The third-order valence-electron chi connectivity index (χ3n) is 7.65. The molecule has 4 rings (SSSR count). The smallest absolute Gasteiger partial charge is 0.318 e. The molecule has 1 fully saturated rings. The summed E-state index contributed by atoms with van der Waals surface area (Å²) in [6.45, 7) is 6.40. The Kier molecular flexibility index (Phi) is 7.07. The quantitative estimate of drug-likeness (QED) is 0.678. The van der Waals surface area contributed by atoms with E-state index in [0.29, 0.717) is 32.6 Å². The number of aliphatic hydroxyl groups excluding tert-OH is 1. The SMILES string of the molecule is CCCNC(=O)N1CC2(CCN(C(=O)CCC)CC2)c2c(n(C)c3cc(OC)ccc23)[C@H]1CO. The predicted octanol–water partition coefficient (Wildman–Crippen LogP) is 3.32. The van der Waals surface area contributed by atoms with E-state index in [-0.39, 0.29) is 24.0 Å². The van der Waals surface area contributed by atoms with E-state index in [2.05, 4.69) is 16.0 Å². The molecule has 186 valence electrons. The number of benzene rings is 1. The van der Waals surface area contributed by atoms with Crippen molar-refractivity contribution >= 4 is 22.8 Å². The summed E-state index contributed by atoms with van der Waals surface area (Å²) >= 11 is 0. The molecule has 2 N–H and O–H groups in total. The van der Waals surface area contributed by atoms with Crippen molar-refractivity contribution in [2.45, 2.75) is 57.4 Å². The molecule has 0 bridgehead atoms. The van der Waals surface area contributed by atoms with Crippen LogP contribution in [-0.2, 0) is 17.3 Å². The van der Waals surface area contributed by atoms with Crippen molar-refractivity contribution in [3.8, 4) is 5.75 Å². The van der Waals surface area contributed by atoms with Crippen LogP contribution in [-0.4, -0.2) is 71.3 Å². The Balaban J connectivity index is 1.83. The van der Waals surface area contributed by atoms with Gasteiger partial charge in [0.25, 0.3) is 0 Å². The number of rotatable bonds is 6. The van der Waals surface area contributed by atoms with Gasteiger partial charge in [0.15, 0.2) is 0 Å². The van der Waals surface area contributed by atoms with E-state index in [0.717, 1.165) is 48.0 Å². The fraction of sp³-hybridized carbons (Fsp3) is 0.615. The van der Waals surface area contributed by atoms with E-state index < -0.39 is 6.04 Å². The number of methoxy groups -OCH3 is 1. The minimum absolute atomic E-state index is 0.141. The number of ether oxygens (including phenoxy) is 1. The normalized spacial score (nSPS) is 19.4. The van der Waals surface area contributed by atoms with E-state index in [4.69, 9.17) is 4.74 Å². The van der Waals surface area contributed by atoms with Crippen molar-refractivity contribution in [2.75, 3.05) is 39.9 Å². The van der Waals surface area contributed by atoms with Crippen molar-refractivity contribution in [1.82, 2.24) is 19.7 Å². The van der Waals surface area contributed by atoms with Crippen LogP contribution in [0.4, 0.5) is 4.79 Å². The summed E-state index contributed by atoms with van der Waals surface area (Å²) in [4.78, 5) is 29.6. The van der Waals surface area contributed by atoms with Gasteiger partial charge in [-0.1, -0.05) is 13.8 Å². The number of carbonyl (C=O) groups excluding carboxylic acids is 2. The Morgan fingerprint density at radius 3 is 2.56 bits per heavy atom. The van der Waals surface area contributed by atoms with Crippen LogP contribution in [0.25, 0.3) is 10.9 Å². The fourth-order valence-corrected chi connectivity index (χ4v) is 5.87. The maximum Gasteiger partial charge on any atom is 0.318 e. The first-order valence-electron chi connectivity index (χ1n) is 12.5. The molecule has 1 atom stereocenters. The molecule has 0 radical (unpaired) electrons. The lowest BCUT2D eigenvalue weighted by atomic mass is 9.68. The lowest BCUT2D eigenvalue weighted by Gasteiger charge is -2.50. The van der Waals surface area contributed by atoms with Crippen LogP contribution in [0.15, 0.2) is 18.2 Å². The monoisotopic (exact) mass is 470 g/mol. The highest BCUT2D eigenvalue weighted by Gasteiger charge is 2.49. The zero-order valence-corrected chi connectivity index (χ0v) is 20.9. The topological polar surface area (TPSA) is 87.0 Å². The number of nitrogens with zero attached hydrogens (tertiary/aromatic N) is 3. The standard InChI is InChI=1S/C26H38N4O4/c1-5-7-22(32)29-13-10-26(11-14-29)17-30(25(33)27-12-6-2)21(16-31)24-23(26)19-9-8-18(34-4)15-20(19)28(24)3/h8-9,15,21,31H,5-7,10-14,16-17H2,1-4H3,(H,27,33)/t21-/m1/s1. The van der Waals surface area contributed by atoms with Gasteiger partial charge in [-0.3, -0.25) is 4.79 Å². The van der Waals surface area contributed by atoms with Crippen molar-refractivity contribution < 1.29 is 19.4 Å². The molecule has 2 aromatic rings. The van der Waals surface area contributed by atoms with Gasteiger partial charge in [-0.2, -0.15) is 0 Å². The third kappa shape index (κ3) is 4.02. The van der Waals surface area contributed by atoms with Crippen molar-refractivity contribution in [3.63, 3.8) is 0 Å². The number of nitrogens with one attached hydrogen (secondary N) is 1. The van der Waals surface area contributed by atoms with Gasteiger partial charge >= 0.3 is 6.03 Å². The molecular weight excluding hydrogens is 432 g/mol. The Morgan fingerprint density at radius 2 is 1.94 bits per heavy atom. The number of amides is 3. The number of hydrogen-bond acceptors (Lipinski definition) is 4. The second-order valence-corrected chi connectivity index (χ2v) is 9.67. The summed E-state index contributed by atoms with van der Waals surface area (Å²) in [5.74, 6) is 0.986. The van der Waals surface area contributed by atoms with Crippen LogP contribution < -0.4 is 10.1 Å². The molecule has 2 aliphatic rings. The van der Waals surface area contributed by atoms with Crippen molar-refractivity contribution in [3.05, 3.63) is 29.5 Å². The van der Waals surface area contributed by atoms with Crippen molar-refractivity contribution in [2.24, 2.45) is 7.05 Å². The number of likely N-dealkylation sites (tertiary alicyclic amines) is 1. The molecule has 1 aromatic carbocycles. The second-order valence-electron chi connectivity index (χ2n) is 9.67. The first-order chi connectivity index (χ1) is 16.4. The largest absolute Gasteiger partial charge is 0.497 e. The van der Waals surface area contributed by atoms with Crippen LogP contribution in [0.5, 0.6) is 5.75 Å². The number of urea groups is 1. The maximum atomic E-state index is 13.3. The first-order valence-corrected chi connectivity index (χ1v) is 12.5. The van der Waals surface area contributed by atoms with Gasteiger partial charge in [0.2, 0.25) is 5.91 Å². The molecule has 0 aliphatic carbocycles. The lowest BCUT2D eigenvalue weighted by molar-refractivity contribution is -0.133. The van der Waals surface area contributed by atoms with E-state index in [1.807, 2.05) is 42.8 Å². The van der Waals surface area contributed by atoms with Crippen LogP contribution in [0.2, 0.25) is 0 Å². The zero-order valence-electron chi connectivity index (χ0n) is 20.9. The van der Waals surface area contributed by atoms with Crippen LogP contribution in [0.3, 0.4) is 0 Å². The molecule has 8 heteroatoms. The van der Waals surface area contributed by atoms with Gasteiger partial charge in [0, 0.05) is 62.2 Å². The Hall–Kier alpha value is -2.74. The Morgan fingerprint density at radius 1 is 1.21 bits per heavy atom. The highest BCUT2D eigenvalue weighted by Crippen LogP contribution is 2.50. The van der Waals surface area contributed by atoms with Gasteiger partial charge < -0.3 is 29.5 Å². The van der Waals surface area contributed by atoms with Crippen LogP contribution in [0, 0.1) is 0 Å². The average Bonchev–Trinajstić information content (AvgIpc) is 3.15. The highest BCUT2D eigenvalue weighted by molar-refractivity contribution is 5.89. The van der Waals surface area contributed by atoms with Gasteiger partial charge in [-0.05, 0) is 43.4 Å². The summed E-state index contributed by atoms with van der Waals surface area (Å²) in [5, 5.41) is 14.6. The molecular formula is C26H38N4O4. The number of carbonyl (C=O) groups is 2. The fourth-order valence-electron chi connectivity index (χ4n) is 5.87. The third-order valence-corrected chi connectivity index (χ3v) is 7.65.